The van der Waals surface area contributed by atoms with Crippen molar-refractivity contribution in [1.29, 1.82) is 0 Å². The Hall–Kier alpha value is -3.21. The van der Waals surface area contributed by atoms with Gasteiger partial charge in [-0.05, 0) is 73.2 Å². The summed E-state index contributed by atoms with van der Waals surface area (Å²) in [5.41, 5.74) is 5.33. The molecule has 0 unspecified atom stereocenters. The van der Waals surface area contributed by atoms with Crippen LogP contribution in [0.15, 0.2) is 60.9 Å². The van der Waals surface area contributed by atoms with Crippen molar-refractivity contribution in [3.63, 3.8) is 0 Å². The highest BCUT2D eigenvalue weighted by Gasteiger charge is 2.10. The fraction of sp³-hybridized carbons (Fsp3) is 0.227. The minimum absolute atomic E-state index is 0.289. The predicted molar refractivity (Wildman–Crippen MR) is 108 cm³/mol. The lowest BCUT2D eigenvalue weighted by atomic mass is 10.0. The van der Waals surface area contributed by atoms with Crippen molar-refractivity contribution in [2.75, 3.05) is 10.6 Å². The zero-order valence-corrected chi connectivity index (χ0v) is 15.1. The van der Waals surface area contributed by atoms with E-state index in [-0.39, 0.29) is 6.03 Å². The van der Waals surface area contributed by atoms with E-state index in [0.717, 1.165) is 29.8 Å². The summed E-state index contributed by atoms with van der Waals surface area (Å²) in [4.78, 5) is 20.9. The number of benzene rings is 1. The minimum atomic E-state index is -0.289. The van der Waals surface area contributed by atoms with Gasteiger partial charge in [-0.2, -0.15) is 0 Å². The van der Waals surface area contributed by atoms with Gasteiger partial charge in [-0.25, -0.2) is 9.78 Å². The van der Waals surface area contributed by atoms with Gasteiger partial charge in [0.05, 0.1) is 5.69 Å². The molecule has 2 aromatic heterocycles. The Balaban J connectivity index is 1.45. The van der Waals surface area contributed by atoms with Crippen LogP contribution in [0.3, 0.4) is 0 Å². The number of fused-ring (bicyclic) bond motifs is 1. The Morgan fingerprint density at radius 1 is 0.852 bits per heavy atom. The molecular weight excluding hydrogens is 336 g/mol. The van der Waals surface area contributed by atoms with Crippen LogP contribution in [0, 0.1) is 0 Å². The van der Waals surface area contributed by atoms with E-state index in [1.807, 2.05) is 30.3 Å². The molecule has 0 spiro atoms. The summed E-state index contributed by atoms with van der Waals surface area (Å²) in [5, 5.41) is 5.74. The third-order valence-corrected chi connectivity index (χ3v) is 4.82. The monoisotopic (exact) mass is 358 g/mol. The van der Waals surface area contributed by atoms with Gasteiger partial charge in [0, 0.05) is 23.6 Å². The van der Waals surface area contributed by atoms with Gasteiger partial charge < -0.3 is 5.32 Å². The molecule has 0 saturated heterocycles. The summed E-state index contributed by atoms with van der Waals surface area (Å²) in [7, 11) is 0. The standard InChI is InChI=1S/C22H22N4O/c27-22(24-19-10-9-16-5-2-1-3-6-18(16)15-19)26-21-8-4-7-20(25-21)17-11-13-23-14-12-17/h4,7-15H,1-3,5-6H2,(H2,24,25,26,27). The van der Waals surface area contributed by atoms with Crippen LogP contribution in [-0.2, 0) is 12.8 Å². The van der Waals surface area contributed by atoms with Crippen molar-refractivity contribution in [3.8, 4) is 11.3 Å². The molecule has 0 radical (unpaired) electrons. The van der Waals surface area contributed by atoms with Gasteiger partial charge in [0.25, 0.3) is 0 Å². The SMILES string of the molecule is O=C(Nc1ccc2c(c1)CCCCC2)Nc1cccc(-c2ccncc2)n1. The molecule has 2 heterocycles. The second-order valence-electron chi connectivity index (χ2n) is 6.77. The quantitative estimate of drug-likeness (QED) is 0.643. The first kappa shape index (κ1) is 17.2. The molecule has 3 aromatic rings. The third kappa shape index (κ3) is 4.31. The number of amides is 2. The zero-order chi connectivity index (χ0) is 18.5. The van der Waals surface area contributed by atoms with Crippen LogP contribution in [0.25, 0.3) is 11.3 Å². The van der Waals surface area contributed by atoms with Crippen LogP contribution in [0.4, 0.5) is 16.3 Å². The molecule has 0 saturated carbocycles. The van der Waals surface area contributed by atoms with E-state index in [0.29, 0.717) is 5.82 Å². The summed E-state index contributed by atoms with van der Waals surface area (Å²) in [6.45, 7) is 0. The number of carbonyl (C=O) groups is 1. The topological polar surface area (TPSA) is 66.9 Å². The summed E-state index contributed by atoms with van der Waals surface area (Å²) >= 11 is 0. The maximum Gasteiger partial charge on any atom is 0.324 e. The molecule has 0 bridgehead atoms. The molecule has 1 aromatic carbocycles. The van der Waals surface area contributed by atoms with Gasteiger partial charge in [-0.15, -0.1) is 0 Å². The number of urea groups is 1. The van der Waals surface area contributed by atoms with E-state index in [1.165, 1.54) is 30.4 Å². The van der Waals surface area contributed by atoms with Crippen molar-refractivity contribution in [2.24, 2.45) is 0 Å². The Morgan fingerprint density at radius 2 is 1.67 bits per heavy atom. The van der Waals surface area contributed by atoms with E-state index >= 15 is 0 Å². The van der Waals surface area contributed by atoms with Crippen LogP contribution < -0.4 is 10.6 Å². The van der Waals surface area contributed by atoms with Crippen molar-refractivity contribution in [3.05, 3.63) is 72.1 Å². The van der Waals surface area contributed by atoms with Crippen LogP contribution in [0.2, 0.25) is 0 Å². The molecule has 1 aliphatic carbocycles. The Labute approximate surface area is 158 Å². The van der Waals surface area contributed by atoms with Crippen LogP contribution in [0.5, 0.6) is 0 Å². The molecule has 2 amide bonds. The highest BCUT2D eigenvalue weighted by molar-refractivity contribution is 5.99. The molecule has 2 N–H and O–H groups in total. The van der Waals surface area contributed by atoms with Crippen molar-refractivity contribution in [2.45, 2.75) is 32.1 Å². The second-order valence-corrected chi connectivity index (χ2v) is 6.77. The van der Waals surface area contributed by atoms with E-state index < -0.39 is 0 Å². The Bertz CT molecular complexity index is 940. The number of rotatable bonds is 3. The molecule has 0 fully saturated rings. The number of nitrogens with one attached hydrogen (secondary N) is 2. The molecule has 5 heteroatoms. The normalized spacial score (nSPS) is 13.3. The van der Waals surface area contributed by atoms with Crippen molar-refractivity contribution >= 4 is 17.5 Å². The Kier molecular flexibility index (Phi) is 5.10. The number of hydrogen-bond donors (Lipinski definition) is 2. The second kappa shape index (κ2) is 7.99. The van der Waals surface area contributed by atoms with Crippen LogP contribution in [0.1, 0.15) is 30.4 Å². The molecule has 136 valence electrons. The zero-order valence-electron chi connectivity index (χ0n) is 15.1. The van der Waals surface area contributed by atoms with Crippen LogP contribution in [-0.4, -0.2) is 16.0 Å². The first-order valence-electron chi connectivity index (χ1n) is 9.35. The molecule has 1 aliphatic rings. The van der Waals surface area contributed by atoms with Gasteiger partial charge >= 0.3 is 6.03 Å². The van der Waals surface area contributed by atoms with E-state index in [2.05, 4.69) is 32.7 Å². The van der Waals surface area contributed by atoms with E-state index in [4.69, 9.17) is 0 Å². The number of carbonyl (C=O) groups excluding carboxylic acids is 1. The van der Waals surface area contributed by atoms with Crippen LogP contribution >= 0.6 is 0 Å². The number of pyridine rings is 2. The fourth-order valence-electron chi connectivity index (χ4n) is 3.45. The summed E-state index contributed by atoms with van der Waals surface area (Å²) < 4.78 is 0. The fourth-order valence-corrected chi connectivity index (χ4v) is 3.45. The van der Waals surface area contributed by atoms with Gasteiger partial charge in [0.1, 0.15) is 5.82 Å². The molecule has 4 rings (SSSR count). The maximum atomic E-state index is 12.4. The molecule has 27 heavy (non-hydrogen) atoms. The summed E-state index contributed by atoms with van der Waals surface area (Å²) in [5.74, 6) is 0.511. The van der Waals surface area contributed by atoms with E-state index in [9.17, 15) is 4.79 Å². The number of aryl methyl sites for hydroxylation is 2. The Morgan fingerprint density at radius 3 is 2.52 bits per heavy atom. The average Bonchev–Trinajstić information content (AvgIpc) is 2.94. The van der Waals surface area contributed by atoms with Gasteiger partial charge in [-0.3, -0.25) is 10.3 Å². The number of aromatic nitrogens is 2. The first-order chi connectivity index (χ1) is 13.3. The lowest BCUT2D eigenvalue weighted by Gasteiger charge is -2.11. The lowest BCUT2D eigenvalue weighted by Crippen LogP contribution is -2.20. The highest BCUT2D eigenvalue weighted by atomic mass is 16.2. The highest BCUT2D eigenvalue weighted by Crippen LogP contribution is 2.24. The molecule has 0 atom stereocenters. The average molecular weight is 358 g/mol. The molecule has 0 aliphatic heterocycles. The largest absolute Gasteiger partial charge is 0.324 e. The summed E-state index contributed by atoms with van der Waals surface area (Å²) in [6.07, 6.45) is 9.41. The maximum absolute atomic E-state index is 12.4. The number of anilines is 2. The number of nitrogens with zero attached hydrogens (tertiary/aromatic N) is 2. The van der Waals surface area contributed by atoms with E-state index in [1.54, 1.807) is 18.5 Å². The van der Waals surface area contributed by atoms with Gasteiger partial charge in [0.2, 0.25) is 0 Å². The minimum Gasteiger partial charge on any atom is -0.308 e. The number of hydrogen-bond acceptors (Lipinski definition) is 3. The lowest BCUT2D eigenvalue weighted by molar-refractivity contribution is 0.262. The first-order valence-corrected chi connectivity index (χ1v) is 9.35. The summed E-state index contributed by atoms with van der Waals surface area (Å²) in [6, 6.07) is 15.3. The van der Waals surface area contributed by atoms with Crippen molar-refractivity contribution < 1.29 is 4.79 Å². The van der Waals surface area contributed by atoms with Gasteiger partial charge in [0.15, 0.2) is 0 Å². The molecule has 5 nitrogen and oxygen atoms in total. The molecular formula is C22H22N4O. The predicted octanol–water partition coefficient (Wildman–Crippen LogP) is 5.06. The van der Waals surface area contributed by atoms with Crippen molar-refractivity contribution in [1.82, 2.24) is 9.97 Å². The third-order valence-electron chi connectivity index (χ3n) is 4.82. The van der Waals surface area contributed by atoms with Gasteiger partial charge in [-0.1, -0.05) is 18.6 Å². The smallest absolute Gasteiger partial charge is 0.308 e.